The van der Waals surface area contributed by atoms with Crippen molar-refractivity contribution in [1.82, 2.24) is 10.2 Å². The first-order valence-corrected chi connectivity index (χ1v) is 6.50. The maximum Gasteiger partial charge on any atom is 0.152 e. The largest absolute Gasteiger partial charge is 0.382 e. The highest BCUT2D eigenvalue weighted by Crippen LogP contribution is 2.28. The Bertz CT molecular complexity index is 467. The summed E-state index contributed by atoms with van der Waals surface area (Å²) in [5.74, 6) is 0.805. The van der Waals surface area contributed by atoms with Gasteiger partial charge in [-0.2, -0.15) is 5.10 Å². The number of nitrogens with two attached hydrogens (primary N) is 1. The Morgan fingerprint density at radius 2 is 2.40 bits per heavy atom. The molecule has 84 valence electrons. The molecule has 4 N–H and O–H groups in total. The maximum atomic E-state index is 11.4. The molecule has 1 aliphatic rings. The number of hydrogen-bond acceptors (Lipinski definition) is 5. The zero-order valence-corrected chi connectivity index (χ0v) is 9.26. The SMILES string of the molecule is CC1(Nc2cn[nH]c2N)CCS(=O)(=O)C1. The fraction of sp³-hybridized carbons (Fsp3) is 0.625. The van der Waals surface area contributed by atoms with E-state index in [9.17, 15) is 8.42 Å². The van der Waals surface area contributed by atoms with Crippen LogP contribution in [0.4, 0.5) is 11.5 Å². The van der Waals surface area contributed by atoms with Gasteiger partial charge in [-0.1, -0.05) is 0 Å². The lowest BCUT2D eigenvalue weighted by molar-refractivity contribution is 0.574. The van der Waals surface area contributed by atoms with Crippen LogP contribution in [0, 0.1) is 0 Å². The van der Waals surface area contributed by atoms with Gasteiger partial charge in [-0.3, -0.25) is 5.10 Å². The average Bonchev–Trinajstić information content (AvgIpc) is 2.59. The molecule has 1 aromatic rings. The molecule has 0 spiro atoms. The highest BCUT2D eigenvalue weighted by Gasteiger charge is 2.38. The minimum absolute atomic E-state index is 0.143. The quantitative estimate of drug-likeness (QED) is 0.663. The predicted molar refractivity (Wildman–Crippen MR) is 58.3 cm³/mol. The topological polar surface area (TPSA) is 101 Å². The number of nitrogens with one attached hydrogen (secondary N) is 2. The minimum Gasteiger partial charge on any atom is -0.382 e. The molecule has 2 heterocycles. The second-order valence-electron chi connectivity index (χ2n) is 4.23. The third-order valence-corrected chi connectivity index (χ3v) is 4.51. The van der Waals surface area contributed by atoms with Crippen molar-refractivity contribution in [1.29, 1.82) is 0 Å². The highest BCUT2D eigenvalue weighted by molar-refractivity contribution is 7.91. The summed E-state index contributed by atoms with van der Waals surface area (Å²) in [6.07, 6.45) is 2.16. The first kappa shape index (κ1) is 10.3. The third-order valence-electron chi connectivity index (χ3n) is 2.61. The van der Waals surface area contributed by atoms with E-state index in [4.69, 9.17) is 5.73 Å². The number of sulfone groups is 1. The number of aromatic amines is 1. The summed E-state index contributed by atoms with van der Waals surface area (Å²) >= 11 is 0. The van der Waals surface area contributed by atoms with Crippen LogP contribution in [0.5, 0.6) is 0 Å². The van der Waals surface area contributed by atoms with E-state index in [-0.39, 0.29) is 11.5 Å². The van der Waals surface area contributed by atoms with Gasteiger partial charge in [0.2, 0.25) is 0 Å². The molecule has 1 aromatic heterocycles. The molecule has 1 unspecified atom stereocenters. The van der Waals surface area contributed by atoms with Gasteiger partial charge in [0.25, 0.3) is 0 Å². The van der Waals surface area contributed by atoms with E-state index in [0.717, 1.165) is 0 Å². The number of nitrogens with zero attached hydrogens (tertiary/aromatic N) is 1. The Morgan fingerprint density at radius 1 is 1.67 bits per heavy atom. The molecule has 0 saturated carbocycles. The number of rotatable bonds is 2. The van der Waals surface area contributed by atoms with E-state index in [1.165, 1.54) is 0 Å². The molecule has 1 saturated heterocycles. The lowest BCUT2D eigenvalue weighted by Crippen LogP contribution is -2.35. The van der Waals surface area contributed by atoms with Crippen molar-refractivity contribution < 1.29 is 8.42 Å². The van der Waals surface area contributed by atoms with Crippen LogP contribution in [-0.4, -0.2) is 35.7 Å². The summed E-state index contributed by atoms with van der Waals surface area (Å²) in [5.41, 5.74) is 5.84. The Balaban J connectivity index is 2.17. The van der Waals surface area contributed by atoms with Crippen LogP contribution in [0.2, 0.25) is 0 Å². The molecule has 1 aliphatic heterocycles. The van der Waals surface area contributed by atoms with Crippen LogP contribution in [0.3, 0.4) is 0 Å². The summed E-state index contributed by atoms with van der Waals surface area (Å²) < 4.78 is 22.7. The van der Waals surface area contributed by atoms with Crippen LogP contribution < -0.4 is 11.1 Å². The van der Waals surface area contributed by atoms with Crippen molar-refractivity contribution >= 4 is 21.3 Å². The van der Waals surface area contributed by atoms with Crippen molar-refractivity contribution in [2.24, 2.45) is 0 Å². The second kappa shape index (κ2) is 3.13. The molecule has 15 heavy (non-hydrogen) atoms. The zero-order chi connectivity index (χ0) is 11.1. The first-order valence-electron chi connectivity index (χ1n) is 4.68. The monoisotopic (exact) mass is 230 g/mol. The first-order chi connectivity index (χ1) is 6.90. The van der Waals surface area contributed by atoms with E-state index in [1.54, 1.807) is 6.20 Å². The van der Waals surface area contributed by atoms with Crippen molar-refractivity contribution in [2.75, 3.05) is 22.6 Å². The molecule has 7 heteroatoms. The number of aromatic nitrogens is 2. The summed E-state index contributed by atoms with van der Waals surface area (Å²) in [6, 6.07) is 0. The van der Waals surface area contributed by atoms with Gasteiger partial charge in [0.15, 0.2) is 9.84 Å². The molecular weight excluding hydrogens is 216 g/mol. The van der Waals surface area contributed by atoms with Gasteiger partial charge in [0.1, 0.15) is 5.82 Å². The van der Waals surface area contributed by atoms with Gasteiger partial charge in [-0.25, -0.2) is 8.42 Å². The minimum atomic E-state index is -2.90. The van der Waals surface area contributed by atoms with E-state index in [1.807, 2.05) is 6.92 Å². The molecule has 0 amide bonds. The van der Waals surface area contributed by atoms with Crippen LogP contribution in [0.1, 0.15) is 13.3 Å². The van der Waals surface area contributed by atoms with Crippen molar-refractivity contribution in [3.05, 3.63) is 6.20 Å². The number of hydrogen-bond donors (Lipinski definition) is 3. The Kier molecular flexibility index (Phi) is 2.14. The molecule has 1 fully saturated rings. The Labute approximate surface area is 88.2 Å². The molecule has 0 aliphatic carbocycles. The predicted octanol–water partition coefficient (Wildman–Crippen LogP) is -0.0190. The lowest BCUT2D eigenvalue weighted by Gasteiger charge is -2.24. The van der Waals surface area contributed by atoms with Crippen LogP contribution in [0.25, 0.3) is 0 Å². The number of nitrogen functional groups attached to an aromatic ring is 1. The van der Waals surface area contributed by atoms with E-state index in [2.05, 4.69) is 15.5 Å². The number of anilines is 2. The molecule has 2 rings (SSSR count). The molecular formula is C8H14N4O2S. The fourth-order valence-corrected chi connectivity index (χ4v) is 3.92. The molecule has 0 bridgehead atoms. The second-order valence-corrected chi connectivity index (χ2v) is 6.41. The summed E-state index contributed by atoms with van der Waals surface area (Å²) in [6.45, 7) is 1.88. The Morgan fingerprint density at radius 3 is 2.87 bits per heavy atom. The third kappa shape index (κ3) is 2.06. The van der Waals surface area contributed by atoms with Gasteiger partial charge in [-0.05, 0) is 13.3 Å². The summed E-state index contributed by atoms with van der Waals surface area (Å²) in [5, 5.41) is 9.49. The summed E-state index contributed by atoms with van der Waals surface area (Å²) in [4.78, 5) is 0. The number of H-pyrrole nitrogens is 1. The highest BCUT2D eigenvalue weighted by atomic mass is 32.2. The van der Waals surface area contributed by atoms with Crippen LogP contribution in [0.15, 0.2) is 6.20 Å². The molecule has 6 nitrogen and oxygen atoms in total. The van der Waals surface area contributed by atoms with Gasteiger partial charge in [-0.15, -0.1) is 0 Å². The lowest BCUT2D eigenvalue weighted by atomic mass is 10.0. The van der Waals surface area contributed by atoms with Gasteiger partial charge >= 0.3 is 0 Å². The van der Waals surface area contributed by atoms with Crippen molar-refractivity contribution in [3.63, 3.8) is 0 Å². The summed E-state index contributed by atoms with van der Waals surface area (Å²) in [7, 11) is -2.90. The maximum absolute atomic E-state index is 11.4. The fourth-order valence-electron chi connectivity index (χ4n) is 1.83. The smallest absolute Gasteiger partial charge is 0.152 e. The molecule has 0 radical (unpaired) electrons. The van der Waals surface area contributed by atoms with E-state index in [0.29, 0.717) is 17.9 Å². The van der Waals surface area contributed by atoms with Gasteiger partial charge < -0.3 is 11.1 Å². The van der Waals surface area contributed by atoms with E-state index < -0.39 is 15.4 Å². The molecule has 0 aromatic carbocycles. The van der Waals surface area contributed by atoms with Crippen LogP contribution >= 0.6 is 0 Å². The average molecular weight is 230 g/mol. The zero-order valence-electron chi connectivity index (χ0n) is 8.45. The normalized spacial score (nSPS) is 29.1. The van der Waals surface area contributed by atoms with E-state index >= 15 is 0 Å². The standard InChI is InChI=1S/C8H14N4O2S/c1-8(2-3-15(13,14)5-8)11-6-4-10-12-7(6)9/h4,11H,2-3,5H2,1H3,(H3,9,10,12). The van der Waals surface area contributed by atoms with Crippen molar-refractivity contribution in [2.45, 2.75) is 18.9 Å². The Hall–Kier alpha value is -1.24. The van der Waals surface area contributed by atoms with Crippen molar-refractivity contribution in [3.8, 4) is 0 Å². The van der Waals surface area contributed by atoms with Gasteiger partial charge in [0, 0.05) is 5.54 Å². The van der Waals surface area contributed by atoms with Gasteiger partial charge in [0.05, 0.1) is 23.4 Å². The molecule has 1 atom stereocenters. The van der Waals surface area contributed by atoms with Crippen LogP contribution in [-0.2, 0) is 9.84 Å².